The third-order valence-corrected chi connectivity index (χ3v) is 5.94. The van der Waals surface area contributed by atoms with Gasteiger partial charge in [-0.15, -0.1) is 0 Å². The van der Waals surface area contributed by atoms with E-state index in [4.69, 9.17) is 0 Å². The minimum atomic E-state index is -0.361. The number of allylic oxidation sites excluding steroid dienone is 6. The van der Waals surface area contributed by atoms with Crippen molar-refractivity contribution < 1.29 is 4.79 Å². The Labute approximate surface area is 214 Å². The normalized spacial score (nSPS) is 13.6. The molecule has 0 radical (unpaired) electrons. The van der Waals surface area contributed by atoms with E-state index in [0.717, 1.165) is 22.3 Å². The lowest BCUT2D eigenvalue weighted by Crippen LogP contribution is -2.18. The Balaban J connectivity index is 1.61. The van der Waals surface area contributed by atoms with E-state index in [9.17, 15) is 4.79 Å². The summed E-state index contributed by atoms with van der Waals surface area (Å²) in [5.41, 5.74) is 4.22. The van der Waals surface area contributed by atoms with Crippen LogP contribution in [0.15, 0.2) is 158 Å². The fraction of sp³-hybridized carbons (Fsp3) is 0.0571. The van der Waals surface area contributed by atoms with Crippen molar-refractivity contribution in [1.29, 1.82) is 0 Å². The molecule has 0 aliphatic carbocycles. The van der Waals surface area contributed by atoms with Crippen molar-refractivity contribution in [2.24, 2.45) is 0 Å². The van der Waals surface area contributed by atoms with Gasteiger partial charge in [-0.25, -0.2) is 0 Å². The van der Waals surface area contributed by atoms with E-state index in [1.807, 2.05) is 146 Å². The first kappa shape index (κ1) is 24.6. The molecule has 36 heavy (non-hydrogen) atoms. The maximum absolute atomic E-state index is 14.0. The molecule has 0 heterocycles. The Morgan fingerprint density at radius 3 is 1.14 bits per heavy atom. The highest BCUT2D eigenvalue weighted by Gasteiger charge is 2.25. The molecule has 4 rings (SSSR count). The molecule has 4 aromatic rings. The lowest BCUT2D eigenvalue weighted by atomic mass is 9.83. The van der Waals surface area contributed by atoms with Crippen LogP contribution in [0.25, 0.3) is 12.2 Å². The minimum absolute atomic E-state index is 0.140. The van der Waals surface area contributed by atoms with Gasteiger partial charge in [-0.2, -0.15) is 0 Å². The van der Waals surface area contributed by atoms with Crippen LogP contribution in [0, 0.1) is 0 Å². The molecule has 0 aliphatic heterocycles. The fourth-order valence-corrected chi connectivity index (χ4v) is 4.07. The van der Waals surface area contributed by atoms with Crippen LogP contribution in [0.2, 0.25) is 0 Å². The number of hydrogen-bond donors (Lipinski definition) is 0. The predicted octanol–water partition coefficient (Wildman–Crippen LogP) is 8.66. The van der Waals surface area contributed by atoms with Crippen molar-refractivity contribution in [1.82, 2.24) is 0 Å². The van der Waals surface area contributed by atoms with E-state index in [0.29, 0.717) is 0 Å². The van der Waals surface area contributed by atoms with Crippen molar-refractivity contribution in [2.45, 2.75) is 11.8 Å². The van der Waals surface area contributed by atoms with Crippen LogP contribution in [0.3, 0.4) is 0 Å². The Morgan fingerprint density at radius 1 is 0.444 bits per heavy atom. The van der Waals surface area contributed by atoms with Crippen molar-refractivity contribution in [3.05, 3.63) is 180 Å². The molecule has 176 valence electrons. The van der Waals surface area contributed by atoms with Gasteiger partial charge in [-0.05, 0) is 22.3 Å². The molecular weight excluding hydrogens is 436 g/mol. The Hall–Kier alpha value is -4.49. The van der Waals surface area contributed by atoms with Crippen molar-refractivity contribution in [2.75, 3.05) is 0 Å². The lowest BCUT2D eigenvalue weighted by molar-refractivity contribution is -0.120. The summed E-state index contributed by atoms with van der Waals surface area (Å²) in [5.74, 6) is -0.583. The maximum Gasteiger partial charge on any atom is 0.155 e. The van der Waals surface area contributed by atoms with Crippen molar-refractivity contribution >= 4 is 17.9 Å². The second-order valence-electron chi connectivity index (χ2n) is 8.49. The first-order valence-electron chi connectivity index (χ1n) is 12.2. The molecule has 2 unspecified atom stereocenters. The number of ketones is 1. The summed E-state index contributed by atoms with van der Waals surface area (Å²) < 4.78 is 0. The molecule has 2 atom stereocenters. The average molecular weight is 467 g/mol. The third kappa shape index (κ3) is 7.25. The van der Waals surface area contributed by atoms with Crippen molar-refractivity contribution in [3.8, 4) is 0 Å². The number of carbonyl (C=O) groups excluding carboxylic acids is 1. The smallest absolute Gasteiger partial charge is 0.155 e. The second kappa shape index (κ2) is 13.4. The van der Waals surface area contributed by atoms with Crippen LogP contribution in [-0.2, 0) is 4.79 Å². The Kier molecular flexibility index (Phi) is 9.17. The summed E-state index contributed by atoms with van der Waals surface area (Å²) in [6, 6.07) is 40.3. The largest absolute Gasteiger partial charge is 0.298 e. The minimum Gasteiger partial charge on any atom is -0.298 e. The summed E-state index contributed by atoms with van der Waals surface area (Å²) in [5, 5.41) is 0. The highest BCUT2D eigenvalue weighted by molar-refractivity contribution is 5.95. The lowest BCUT2D eigenvalue weighted by Gasteiger charge is -2.19. The maximum atomic E-state index is 14.0. The number of benzene rings is 4. The summed E-state index contributed by atoms with van der Waals surface area (Å²) >= 11 is 0. The summed E-state index contributed by atoms with van der Waals surface area (Å²) in [6.45, 7) is 0. The first-order valence-corrected chi connectivity index (χ1v) is 12.2. The van der Waals surface area contributed by atoms with E-state index >= 15 is 0 Å². The highest BCUT2D eigenvalue weighted by Crippen LogP contribution is 2.29. The van der Waals surface area contributed by atoms with Gasteiger partial charge < -0.3 is 0 Å². The molecule has 0 spiro atoms. The molecule has 0 N–H and O–H groups in total. The van der Waals surface area contributed by atoms with Crippen LogP contribution in [0.4, 0.5) is 0 Å². The highest BCUT2D eigenvalue weighted by atomic mass is 16.1. The first-order chi connectivity index (χ1) is 17.8. The molecule has 0 aliphatic rings. The number of Topliss-reactive ketones (excluding diaryl/α,β-unsaturated/α-hetero) is 1. The number of rotatable bonds is 10. The molecule has 0 saturated carbocycles. The van der Waals surface area contributed by atoms with Gasteiger partial charge in [0.2, 0.25) is 0 Å². The zero-order valence-electron chi connectivity index (χ0n) is 20.2. The van der Waals surface area contributed by atoms with Gasteiger partial charge in [0, 0.05) is 0 Å². The molecule has 0 fully saturated rings. The van der Waals surface area contributed by atoms with Gasteiger partial charge >= 0.3 is 0 Å². The summed E-state index contributed by atoms with van der Waals surface area (Å²) in [6.07, 6.45) is 16.0. The van der Waals surface area contributed by atoms with Gasteiger partial charge in [0.25, 0.3) is 0 Å². The van der Waals surface area contributed by atoms with Crippen LogP contribution >= 0.6 is 0 Å². The Morgan fingerprint density at radius 2 is 0.778 bits per heavy atom. The van der Waals surface area contributed by atoms with Crippen LogP contribution in [0.5, 0.6) is 0 Å². The zero-order valence-corrected chi connectivity index (χ0v) is 20.2. The topological polar surface area (TPSA) is 17.1 Å². The van der Waals surface area contributed by atoms with Crippen LogP contribution in [0.1, 0.15) is 34.1 Å². The average Bonchev–Trinajstić information content (AvgIpc) is 2.95. The van der Waals surface area contributed by atoms with Crippen LogP contribution < -0.4 is 0 Å². The molecular formula is C35H30O. The monoisotopic (exact) mass is 466 g/mol. The Bertz CT molecular complexity index is 1210. The molecule has 0 aromatic heterocycles. The molecule has 0 saturated heterocycles. The standard InChI is InChI=1S/C35H30O/c36-35(33(31-23-9-3-10-24-31)27-15-13-21-29-17-5-1-6-18-29)34(32-25-11-4-12-26-32)28-16-14-22-30-19-7-2-8-20-30/h1-28,33-34H. The molecule has 0 amide bonds. The predicted molar refractivity (Wildman–Crippen MR) is 153 cm³/mol. The molecule has 1 nitrogen and oxygen atoms in total. The third-order valence-electron chi connectivity index (χ3n) is 5.94. The fourth-order valence-electron chi connectivity index (χ4n) is 4.07. The quantitative estimate of drug-likeness (QED) is 0.214. The van der Waals surface area contributed by atoms with Crippen molar-refractivity contribution in [3.63, 3.8) is 0 Å². The molecule has 4 aromatic carbocycles. The second-order valence-corrected chi connectivity index (χ2v) is 8.49. The number of hydrogen-bond acceptors (Lipinski definition) is 1. The van der Waals surface area contributed by atoms with Gasteiger partial charge in [-0.1, -0.05) is 170 Å². The summed E-state index contributed by atoms with van der Waals surface area (Å²) in [4.78, 5) is 14.0. The summed E-state index contributed by atoms with van der Waals surface area (Å²) in [7, 11) is 0. The van der Waals surface area contributed by atoms with E-state index in [1.165, 1.54) is 0 Å². The van der Waals surface area contributed by atoms with Gasteiger partial charge in [0.1, 0.15) is 0 Å². The zero-order chi connectivity index (χ0) is 24.8. The van der Waals surface area contributed by atoms with Crippen LogP contribution in [-0.4, -0.2) is 5.78 Å². The van der Waals surface area contributed by atoms with E-state index in [-0.39, 0.29) is 17.6 Å². The molecule has 0 bridgehead atoms. The van der Waals surface area contributed by atoms with Gasteiger partial charge in [0.15, 0.2) is 5.78 Å². The number of carbonyl (C=O) groups is 1. The SMILES string of the molecule is O=C(C(C=CC=Cc1ccccc1)c1ccccc1)C(C=CC=Cc1ccccc1)c1ccccc1. The van der Waals surface area contributed by atoms with E-state index < -0.39 is 0 Å². The van der Waals surface area contributed by atoms with Gasteiger partial charge in [-0.3, -0.25) is 4.79 Å². The van der Waals surface area contributed by atoms with Gasteiger partial charge in [0.05, 0.1) is 11.8 Å². The molecule has 1 heteroatoms. The van der Waals surface area contributed by atoms with E-state index in [1.54, 1.807) is 0 Å². The van der Waals surface area contributed by atoms with E-state index in [2.05, 4.69) is 24.3 Å².